The zero-order valence-electron chi connectivity index (χ0n) is 8.42. The first-order valence-corrected chi connectivity index (χ1v) is 5.08. The fourth-order valence-electron chi connectivity index (χ4n) is 2.01. The van der Waals surface area contributed by atoms with Gasteiger partial charge in [0.25, 0.3) is 0 Å². The normalized spacial score (nSPS) is 31.2. The van der Waals surface area contributed by atoms with Crippen molar-refractivity contribution in [3.05, 3.63) is 0 Å². The Bertz CT molecular complexity index is 182. The summed E-state index contributed by atoms with van der Waals surface area (Å²) in [6.07, 6.45) is 4.77. The molecule has 0 spiro atoms. The molecule has 13 heavy (non-hydrogen) atoms. The lowest BCUT2D eigenvalue weighted by molar-refractivity contribution is -0.139. The summed E-state index contributed by atoms with van der Waals surface area (Å²) in [5, 5.41) is 11.9. The van der Waals surface area contributed by atoms with Crippen molar-refractivity contribution >= 4 is 5.97 Å². The molecule has 0 amide bonds. The number of nitrogens with one attached hydrogen (secondary N) is 1. The van der Waals surface area contributed by atoms with E-state index < -0.39 is 12.0 Å². The quantitative estimate of drug-likeness (QED) is 0.702. The second-order valence-electron chi connectivity index (χ2n) is 4.20. The largest absolute Gasteiger partial charge is 0.480 e. The second-order valence-corrected chi connectivity index (χ2v) is 4.20. The summed E-state index contributed by atoms with van der Waals surface area (Å²) in [4.78, 5) is 10.6. The molecule has 1 rings (SSSR count). The van der Waals surface area contributed by atoms with Crippen LogP contribution in [0.2, 0.25) is 0 Å². The van der Waals surface area contributed by atoms with Crippen LogP contribution in [0.4, 0.5) is 0 Å². The van der Waals surface area contributed by atoms with Crippen molar-refractivity contribution < 1.29 is 9.90 Å². The van der Waals surface area contributed by atoms with Crippen LogP contribution < -0.4 is 5.32 Å². The standard InChI is InChI=1S/C10H19NO2/c1-7-4-3-5-9(6-7)11-8(2)10(12)13/h7-9,11H,3-6H2,1-2H3,(H,12,13). The molecular weight excluding hydrogens is 166 g/mol. The van der Waals surface area contributed by atoms with Crippen LogP contribution in [-0.2, 0) is 4.79 Å². The molecule has 0 aliphatic heterocycles. The van der Waals surface area contributed by atoms with Crippen molar-refractivity contribution in [2.45, 2.75) is 51.6 Å². The van der Waals surface area contributed by atoms with Gasteiger partial charge in [0.05, 0.1) is 0 Å². The number of rotatable bonds is 3. The van der Waals surface area contributed by atoms with Gasteiger partial charge in [-0.15, -0.1) is 0 Å². The van der Waals surface area contributed by atoms with Crippen molar-refractivity contribution in [2.75, 3.05) is 0 Å². The number of carbonyl (C=O) groups is 1. The molecule has 0 radical (unpaired) electrons. The van der Waals surface area contributed by atoms with Gasteiger partial charge in [-0.05, 0) is 25.7 Å². The molecule has 3 atom stereocenters. The smallest absolute Gasteiger partial charge is 0.320 e. The summed E-state index contributed by atoms with van der Waals surface area (Å²) in [5.74, 6) is -0.00882. The summed E-state index contributed by atoms with van der Waals surface area (Å²) in [7, 11) is 0. The van der Waals surface area contributed by atoms with Gasteiger partial charge in [0, 0.05) is 6.04 Å². The predicted octanol–water partition coefficient (Wildman–Crippen LogP) is 1.63. The van der Waals surface area contributed by atoms with Gasteiger partial charge in [0.2, 0.25) is 0 Å². The van der Waals surface area contributed by atoms with Crippen molar-refractivity contribution in [3.8, 4) is 0 Å². The summed E-state index contributed by atoms with van der Waals surface area (Å²) in [5.41, 5.74) is 0. The zero-order chi connectivity index (χ0) is 9.84. The molecule has 1 fully saturated rings. The summed E-state index contributed by atoms with van der Waals surface area (Å²) in [6.45, 7) is 3.95. The van der Waals surface area contributed by atoms with Crippen LogP contribution in [0.25, 0.3) is 0 Å². The monoisotopic (exact) mass is 185 g/mol. The molecule has 76 valence electrons. The van der Waals surface area contributed by atoms with Crippen LogP contribution in [0.1, 0.15) is 39.5 Å². The molecule has 3 unspecified atom stereocenters. The Hall–Kier alpha value is -0.570. The Kier molecular flexibility index (Phi) is 3.72. The van der Waals surface area contributed by atoms with Gasteiger partial charge < -0.3 is 10.4 Å². The summed E-state index contributed by atoms with van der Waals surface area (Å²) >= 11 is 0. The fraction of sp³-hybridized carbons (Fsp3) is 0.900. The first-order chi connectivity index (χ1) is 6.09. The topological polar surface area (TPSA) is 49.3 Å². The zero-order valence-corrected chi connectivity index (χ0v) is 8.42. The SMILES string of the molecule is CC1CCCC(NC(C)C(=O)O)C1. The van der Waals surface area contributed by atoms with Crippen LogP contribution in [-0.4, -0.2) is 23.2 Å². The van der Waals surface area contributed by atoms with Crippen LogP contribution in [0, 0.1) is 5.92 Å². The summed E-state index contributed by atoms with van der Waals surface area (Å²) < 4.78 is 0. The minimum Gasteiger partial charge on any atom is -0.480 e. The highest BCUT2D eigenvalue weighted by molar-refractivity contribution is 5.72. The fourth-order valence-corrected chi connectivity index (χ4v) is 2.01. The van der Waals surface area contributed by atoms with Crippen molar-refractivity contribution in [1.82, 2.24) is 5.32 Å². The van der Waals surface area contributed by atoms with Crippen molar-refractivity contribution in [1.29, 1.82) is 0 Å². The van der Waals surface area contributed by atoms with Gasteiger partial charge in [0.1, 0.15) is 6.04 Å². The van der Waals surface area contributed by atoms with Gasteiger partial charge in [-0.25, -0.2) is 0 Å². The molecular formula is C10H19NO2. The van der Waals surface area contributed by atoms with Crippen molar-refractivity contribution in [3.63, 3.8) is 0 Å². The number of hydrogen-bond donors (Lipinski definition) is 2. The van der Waals surface area contributed by atoms with Gasteiger partial charge in [-0.1, -0.05) is 19.8 Å². The molecule has 3 nitrogen and oxygen atoms in total. The van der Waals surface area contributed by atoms with Gasteiger partial charge in [0.15, 0.2) is 0 Å². The minimum absolute atomic E-state index is 0.407. The number of carboxylic acid groups (broad SMARTS) is 1. The van der Waals surface area contributed by atoms with Gasteiger partial charge in [-0.2, -0.15) is 0 Å². The predicted molar refractivity (Wildman–Crippen MR) is 51.7 cm³/mol. The van der Waals surface area contributed by atoms with E-state index in [1.807, 2.05) is 0 Å². The van der Waals surface area contributed by atoms with Crippen LogP contribution >= 0.6 is 0 Å². The lowest BCUT2D eigenvalue weighted by atomic mass is 9.87. The molecule has 0 bridgehead atoms. The van der Waals surface area contributed by atoms with E-state index >= 15 is 0 Å². The maximum Gasteiger partial charge on any atom is 0.320 e. The third-order valence-electron chi connectivity index (χ3n) is 2.79. The molecule has 1 aliphatic carbocycles. The summed E-state index contributed by atoms with van der Waals surface area (Å²) in [6, 6.07) is 0.00477. The second kappa shape index (κ2) is 4.61. The molecule has 2 N–H and O–H groups in total. The average molecular weight is 185 g/mol. The maximum atomic E-state index is 10.6. The Morgan fingerprint density at radius 3 is 2.77 bits per heavy atom. The maximum absolute atomic E-state index is 10.6. The van der Waals surface area contributed by atoms with E-state index in [0.29, 0.717) is 6.04 Å². The molecule has 0 aromatic carbocycles. The molecule has 0 heterocycles. The lowest BCUT2D eigenvalue weighted by Gasteiger charge is -2.28. The van der Waals surface area contributed by atoms with E-state index in [-0.39, 0.29) is 0 Å². The van der Waals surface area contributed by atoms with E-state index in [1.165, 1.54) is 12.8 Å². The van der Waals surface area contributed by atoms with E-state index in [2.05, 4.69) is 12.2 Å². The number of hydrogen-bond acceptors (Lipinski definition) is 2. The molecule has 0 aromatic heterocycles. The third-order valence-corrected chi connectivity index (χ3v) is 2.79. The van der Waals surface area contributed by atoms with Crippen molar-refractivity contribution in [2.24, 2.45) is 5.92 Å². The number of carboxylic acids is 1. The molecule has 1 aliphatic rings. The van der Waals surface area contributed by atoms with E-state index in [9.17, 15) is 4.79 Å². The highest BCUT2D eigenvalue weighted by Crippen LogP contribution is 2.23. The van der Waals surface area contributed by atoms with Gasteiger partial charge in [-0.3, -0.25) is 4.79 Å². The van der Waals surface area contributed by atoms with Gasteiger partial charge >= 0.3 is 5.97 Å². The highest BCUT2D eigenvalue weighted by atomic mass is 16.4. The van der Waals surface area contributed by atoms with Crippen LogP contribution in [0.15, 0.2) is 0 Å². The van der Waals surface area contributed by atoms with E-state index in [0.717, 1.165) is 18.8 Å². The van der Waals surface area contributed by atoms with Crippen LogP contribution in [0.5, 0.6) is 0 Å². The van der Waals surface area contributed by atoms with Crippen LogP contribution in [0.3, 0.4) is 0 Å². The molecule has 3 heteroatoms. The Morgan fingerprint density at radius 1 is 1.54 bits per heavy atom. The minimum atomic E-state index is -0.752. The Morgan fingerprint density at radius 2 is 2.23 bits per heavy atom. The third kappa shape index (κ3) is 3.35. The lowest BCUT2D eigenvalue weighted by Crippen LogP contribution is -2.43. The highest BCUT2D eigenvalue weighted by Gasteiger charge is 2.22. The molecule has 1 saturated carbocycles. The Balaban J connectivity index is 2.31. The molecule has 0 saturated heterocycles. The first kappa shape index (κ1) is 10.5. The van der Waals surface area contributed by atoms with E-state index in [4.69, 9.17) is 5.11 Å². The number of aliphatic carboxylic acids is 1. The first-order valence-electron chi connectivity index (χ1n) is 5.08. The average Bonchev–Trinajstić information content (AvgIpc) is 2.04. The Labute approximate surface area is 79.5 Å². The molecule has 0 aromatic rings. The van der Waals surface area contributed by atoms with E-state index in [1.54, 1.807) is 6.92 Å².